The topological polar surface area (TPSA) is 99.5 Å². The summed E-state index contributed by atoms with van der Waals surface area (Å²) in [4.78, 5) is 20.0. The molecule has 1 saturated heterocycles. The average molecular weight is 524 g/mol. The Hall–Kier alpha value is -4.37. The molecule has 2 heterocycles. The third-order valence-corrected chi connectivity index (χ3v) is 6.56. The van der Waals surface area contributed by atoms with E-state index >= 15 is 0 Å². The first kappa shape index (κ1) is 27.7. The number of amides is 1. The van der Waals surface area contributed by atoms with Crippen molar-refractivity contribution in [3.05, 3.63) is 65.4 Å². The molecule has 2 N–H and O–H groups in total. The van der Waals surface area contributed by atoms with Crippen molar-refractivity contribution >= 4 is 33.9 Å². The maximum Gasteiger partial charge on any atom is 0.248 e. The highest BCUT2D eigenvalue weighted by atomic mass is 16.5. The fourth-order valence-electron chi connectivity index (χ4n) is 4.60. The van der Waals surface area contributed by atoms with Crippen LogP contribution in [0.3, 0.4) is 0 Å². The van der Waals surface area contributed by atoms with E-state index in [9.17, 15) is 10.1 Å². The maximum absolute atomic E-state index is 13.1. The Morgan fingerprint density at radius 3 is 2.77 bits per heavy atom. The molecule has 1 aromatic heterocycles. The quantitative estimate of drug-likeness (QED) is 0.213. The number of carbonyl (C=O) groups excluding carboxylic acids is 1. The van der Waals surface area contributed by atoms with Gasteiger partial charge in [0.1, 0.15) is 18.4 Å². The highest BCUT2D eigenvalue weighted by molar-refractivity contribution is 6.05. The van der Waals surface area contributed by atoms with Gasteiger partial charge < -0.3 is 25.0 Å². The van der Waals surface area contributed by atoms with Crippen LogP contribution in [-0.4, -0.2) is 55.7 Å². The van der Waals surface area contributed by atoms with Crippen molar-refractivity contribution in [2.75, 3.05) is 50.6 Å². The second-order valence-electron chi connectivity index (χ2n) is 9.35. The van der Waals surface area contributed by atoms with Crippen LogP contribution in [0.2, 0.25) is 0 Å². The van der Waals surface area contributed by atoms with Crippen molar-refractivity contribution < 1.29 is 14.3 Å². The summed E-state index contributed by atoms with van der Waals surface area (Å²) in [7, 11) is 1.60. The van der Waals surface area contributed by atoms with Crippen LogP contribution < -0.4 is 15.4 Å². The number of hydrogen-bond donors (Lipinski definition) is 2. The first-order chi connectivity index (χ1) is 19.0. The van der Waals surface area contributed by atoms with Crippen molar-refractivity contribution in [2.24, 2.45) is 0 Å². The molecular formula is C31H33N5O3. The predicted molar refractivity (Wildman–Crippen MR) is 154 cm³/mol. The number of anilines is 3. The molecule has 0 spiro atoms. The van der Waals surface area contributed by atoms with E-state index in [2.05, 4.69) is 39.4 Å². The van der Waals surface area contributed by atoms with Crippen LogP contribution in [0, 0.1) is 23.7 Å². The van der Waals surface area contributed by atoms with Crippen molar-refractivity contribution in [3.8, 4) is 24.2 Å². The van der Waals surface area contributed by atoms with E-state index in [1.54, 1.807) is 25.3 Å². The van der Waals surface area contributed by atoms with Gasteiger partial charge >= 0.3 is 0 Å². The number of nitriles is 1. The molecule has 8 nitrogen and oxygen atoms in total. The number of terminal acetylenes is 1. The van der Waals surface area contributed by atoms with Crippen molar-refractivity contribution in [1.29, 1.82) is 5.26 Å². The van der Waals surface area contributed by atoms with E-state index in [-0.39, 0.29) is 5.91 Å². The molecule has 1 fully saturated rings. The summed E-state index contributed by atoms with van der Waals surface area (Å²) in [5.74, 6) is 2.88. The standard InChI is InChI=1S/C31H33N5O3/c1-4-11-36-12-9-23(10-13-36)17-30(37)35-28-18-26-27(19-29(28)39-15-14-38-3)33-21-24(20-32)31(26)34-25-8-6-7-22(5-2)16-25/h2,6-8,16-19,21H,4,9-15H2,1,3H3,(H,33,34)(H,35,37). The molecular weight excluding hydrogens is 490 g/mol. The van der Waals surface area contributed by atoms with Gasteiger partial charge in [-0.05, 0) is 50.1 Å². The molecule has 0 radical (unpaired) electrons. The average Bonchev–Trinajstić information content (AvgIpc) is 2.95. The highest BCUT2D eigenvalue weighted by Crippen LogP contribution is 2.36. The molecule has 2 aromatic carbocycles. The van der Waals surface area contributed by atoms with Crippen LogP contribution in [0.25, 0.3) is 10.9 Å². The maximum atomic E-state index is 13.1. The predicted octanol–water partition coefficient (Wildman–Crippen LogP) is 5.23. The number of methoxy groups -OCH3 is 1. The van der Waals surface area contributed by atoms with Crippen LogP contribution in [-0.2, 0) is 9.53 Å². The van der Waals surface area contributed by atoms with E-state index < -0.39 is 0 Å². The number of likely N-dealkylation sites (tertiary alicyclic amines) is 1. The van der Waals surface area contributed by atoms with Gasteiger partial charge in [0.05, 0.1) is 29.1 Å². The number of pyridine rings is 1. The summed E-state index contributed by atoms with van der Waals surface area (Å²) < 4.78 is 11.1. The molecule has 4 rings (SSSR count). The lowest BCUT2D eigenvalue weighted by Gasteiger charge is -2.27. The number of piperidine rings is 1. The van der Waals surface area contributed by atoms with Crippen LogP contribution in [0.1, 0.15) is 37.3 Å². The van der Waals surface area contributed by atoms with E-state index in [4.69, 9.17) is 15.9 Å². The van der Waals surface area contributed by atoms with Gasteiger partial charge in [-0.15, -0.1) is 6.42 Å². The van der Waals surface area contributed by atoms with Crippen LogP contribution in [0.4, 0.5) is 17.1 Å². The number of hydrogen-bond acceptors (Lipinski definition) is 7. The van der Waals surface area contributed by atoms with Crippen LogP contribution in [0.5, 0.6) is 5.75 Å². The highest BCUT2D eigenvalue weighted by Gasteiger charge is 2.17. The Balaban J connectivity index is 1.68. The second kappa shape index (κ2) is 13.4. The van der Waals surface area contributed by atoms with E-state index in [1.165, 1.54) is 6.20 Å². The molecule has 0 saturated carbocycles. The summed E-state index contributed by atoms with van der Waals surface area (Å²) in [5, 5.41) is 16.8. The van der Waals surface area contributed by atoms with Gasteiger partial charge in [-0.3, -0.25) is 9.78 Å². The Morgan fingerprint density at radius 1 is 1.23 bits per heavy atom. The molecule has 0 bridgehead atoms. The van der Waals surface area contributed by atoms with Gasteiger partial charge in [0.25, 0.3) is 0 Å². The molecule has 0 atom stereocenters. The van der Waals surface area contributed by atoms with Gasteiger partial charge in [-0.25, -0.2) is 0 Å². The first-order valence-electron chi connectivity index (χ1n) is 13.1. The van der Waals surface area contributed by atoms with E-state index in [0.717, 1.165) is 50.2 Å². The van der Waals surface area contributed by atoms with Crippen LogP contribution >= 0.6 is 0 Å². The summed E-state index contributed by atoms with van der Waals surface area (Å²) in [6, 6.07) is 13.1. The number of fused-ring (bicyclic) bond motifs is 1. The zero-order valence-electron chi connectivity index (χ0n) is 22.4. The molecule has 1 aliphatic heterocycles. The molecule has 8 heteroatoms. The van der Waals surface area contributed by atoms with Crippen molar-refractivity contribution in [3.63, 3.8) is 0 Å². The molecule has 3 aromatic rings. The first-order valence-corrected chi connectivity index (χ1v) is 13.1. The lowest BCUT2D eigenvalue weighted by molar-refractivity contribution is -0.112. The van der Waals surface area contributed by atoms with Crippen molar-refractivity contribution in [2.45, 2.75) is 26.2 Å². The normalized spacial score (nSPS) is 13.4. The van der Waals surface area contributed by atoms with Gasteiger partial charge in [-0.2, -0.15) is 5.26 Å². The number of ether oxygens (including phenoxy) is 2. The second-order valence-corrected chi connectivity index (χ2v) is 9.35. The lowest BCUT2D eigenvalue weighted by atomic mass is 10.0. The molecule has 0 unspecified atom stereocenters. The van der Waals surface area contributed by atoms with Crippen molar-refractivity contribution in [1.82, 2.24) is 9.88 Å². The zero-order valence-corrected chi connectivity index (χ0v) is 22.4. The van der Waals surface area contributed by atoms with Crippen LogP contribution in [0.15, 0.2) is 54.2 Å². The molecule has 39 heavy (non-hydrogen) atoms. The van der Waals surface area contributed by atoms with Gasteiger partial charge in [-0.1, -0.05) is 24.5 Å². The minimum atomic E-state index is -0.217. The summed E-state index contributed by atoms with van der Waals surface area (Å²) >= 11 is 0. The molecule has 200 valence electrons. The van der Waals surface area contributed by atoms with Gasteiger partial charge in [0, 0.05) is 55.2 Å². The Labute approximate surface area is 229 Å². The Bertz CT molecular complexity index is 1440. The monoisotopic (exact) mass is 523 g/mol. The Kier molecular flexibility index (Phi) is 9.53. The van der Waals surface area contributed by atoms with E-state index in [0.29, 0.717) is 52.4 Å². The third-order valence-electron chi connectivity index (χ3n) is 6.56. The van der Waals surface area contributed by atoms with Gasteiger partial charge in [0.2, 0.25) is 5.91 Å². The summed E-state index contributed by atoms with van der Waals surface area (Å²) in [6.07, 6.45) is 11.7. The molecule has 1 aliphatic rings. The number of nitrogens with one attached hydrogen (secondary N) is 2. The number of benzene rings is 2. The number of aromatic nitrogens is 1. The fraction of sp³-hybridized carbons (Fsp3) is 0.323. The fourth-order valence-corrected chi connectivity index (χ4v) is 4.60. The third kappa shape index (κ3) is 7.14. The minimum Gasteiger partial charge on any atom is -0.489 e. The van der Waals surface area contributed by atoms with Gasteiger partial charge in [0.15, 0.2) is 0 Å². The lowest BCUT2D eigenvalue weighted by Crippen LogP contribution is -2.31. The zero-order chi connectivity index (χ0) is 27.6. The smallest absolute Gasteiger partial charge is 0.248 e. The molecule has 1 amide bonds. The summed E-state index contributed by atoms with van der Waals surface area (Å²) in [5.41, 5.74) is 4.61. The molecule has 0 aliphatic carbocycles. The van der Waals surface area contributed by atoms with E-state index in [1.807, 2.05) is 24.3 Å². The number of nitrogens with zero attached hydrogens (tertiary/aromatic N) is 3. The minimum absolute atomic E-state index is 0.217. The SMILES string of the molecule is C#Cc1cccc(Nc2c(C#N)cnc3cc(OCCOC)c(NC(=O)C=C4CCN(CCC)CC4)cc23)c1. The summed E-state index contributed by atoms with van der Waals surface area (Å²) in [6.45, 7) is 5.89. The Morgan fingerprint density at radius 2 is 2.05 bits per heavy atom. The number of rotatable bonds is 10. The number of carbonyl (C=O) groups is 1. The largest absolute Gasteiger partial charge is 0.489 e.